The minimum absolute atomic E-state index is 0.116. The number of benzene rings is 3. The van der Waals surface area contributed by atoms with E-state index in [1.54, 1.807) is 18.0 Å². The van der Waals surface area contributed by atoms with E-state index in [4.69, 9.17) is 16.3 Å². The fourth-order valence-electron chi connectivity index (χ4n) is 2.53. The molecule has 0 aliphatic heterocycles. The average Bonchev–Trinajstić information content (AvgIpc) is 2.78. The zero-order valence-electron chi connectivity index (χ0n) is 16.6. The van der Waals surface area contributed by atoms with E-state index in [1.165, 1.54) is 5.56 Å². The van der Waals surface area contributed by atoms with Crippen molar-refractivity contribution < 1.29 is 9.53 Å². The third-order valence-corrected chi connectivity index (χ3v) is 5.77. The lowest BCUT2D eigenvalue weighted by molar-refractivity contribution is -0.120. The van der Waals surface area contributed by atoms with E-state index in [1.807, 2.05) is 73.7 Å². The molecule has 3 aromatic carbocycles. The Kier molecular flexibility index (Phi) is 8.36. The number of hydrogen-bond donors (Lipinski definition) is 1. The van der Waals surface area contributed by atoms with Crippen LogP contribution in [0.5, 0.6) is 5.75 Å². The fraction of sp³-hybridized carbons (Fsp3) is 0.167. The van der Waals surface area contributed by atoms with Crippen LogP contribution < -0.4 is 10.2 Å². The highest BCUT2D eigenvalue weighted by Crippen LogP contribution is 2.18. The first kappa shape index (κ1) is 21.9. The predicted molar refractivity (Wildman–Crippen MR) is 125 cm³/mol. The van der Waals surface area contributed by atoms with Crippen LogP contribution in [-0.4, -0.2) is 17.4 Å². The summed E-state index contributed by atoms with van der Waals surface area (Å²) in [7, 11) is 0. The van der Waals surface area contributed by atoms with Crippen molar-refractivity contribution in [2.24, 2.45) is 5.10 Å². The van der Waals surface area contributed by atoms with Crippen molar-refractivity contribution in [2.75, 3.05) is 0 Å². The molecule has 6 heteroatoms. The Bertz CT molecular complexity index is 961. The number of hydrogen-bond acceptors (Lipinski definition) is 4. The lowest BCUT2D eigenvalue weighted by Crippen LogP contribution is -2.26. The van der Waals surface area contributed by atoms with Crippen LogP contribution in [0.1, 0.15) is 23.6 Å². The largest absolute Gasteiger partial charge is 0.489 e. The normalized spacial score (nSPS) is 11.9. The van der Waals surface area contributed by atoms with Gasteiger partial charge in [0.15, 0.2) is 0 Å². The molecule has 154 valence electrons. The van der Waals surface area contributed by atoms with Crippen LogP contribution in [0.4, 0.5) is 0 Å². The number of nitrogens with one attached hydrogen (secondary N) is 1. The van der Waals surface area contributed by atoms with Crippen molar-refractivity contribution in [3.8, 4) is 5.75 Å². The molecule has 0 saturated heterocycles. The number of amides is 1. The summed E-state index contributed by atoms with van der Waals surface area (Å²) < 4.78 is 5.76. The summed E-state index contributed by atoms with van der Waals surface area (Å²) in [5, 5.41) is 4.58. The highest BCUT2D eigenvalue weighted by molar-refractivity contribution is 7.99. The van der Waals surface area contributed by atoms with Crippen LogP contribution in [0.2, 0.25) is 5.02 Å². The molecule has 1 N–H and O–H groups in total. The number of rotatable bonds is 9. The van der Waals surface area contributed by atoms with Gasteiger partial charge in [-0.15, -0.1) is 11.8 Å². The summed E-state index contributed by atoms with van der Waals surface area (Å²) in [6.07, 6.45) is 1.62. The van der Waals surface area contributed by atoms with Gasteiger partial charge >= 0.3 is 0 Å². The lowest BCUT2D eigenvalue weighted by Gasteiger charge is -2.09. The smallest absolute Gasteiger partial charge is 0.252 e. The van der Waals surface area contributed by atoms with Crippen molar-refractivity contribution in [1.82, 2.24) is 5.43 Å². The maximum absolute atomic E-state index is 12.2. The second-order valence-corrected chi connectivity index (χ2v) is 8.42. The molecular weight excluding hydrogens is 416 g/mol. The Morgan fingerprint density at radius 3 is 2.43 bits per heavy atom. The molecule has 30 heavy (non-hydrogen) atoms. The molecule has 1 amide bonds. The summed E-state index contributed by atoms with van der Waals surface area (Å²) in [5.74, 6) is 1.43. The number of ether oxygens (including phenoxy) is 1. The topological polar surface area (TPSA) is 50.7 Å². The van der Waals surface area contributed by atoms with Gasteiger partial charge in [-0.3, -0.25) is 4.79 Å². The molecule has 3 rings (SSSR count). The maximum Gasteiger partial charge on any atom is 0.252 e. The van der Waals surface area contributed by atoms with Crippen molar-refractivity contribution in [2.45, 2.75) is 24.5 Å². The fourth-order valence-corrected chi connectivity index (χ4v) is 3.49. The second-order valence-electron chi connectivity index (χ2n) is 6.66. The number of halogens is 1. The molecular formula is C24H23ClN2O2S. The molecule has 0 saturated carbocycles. The van der Waals surface area contributed by atoms with E-state index < -0.39 is 0 Å². The number of thioether (sulfide) groups is 1. The first-order valence-electron chi connectivity index (χ1n) is 9.56. The van der Waals surface area contributed by atoms with Crippen molar-refractivity contribution in [3.05, 3.63) is 101 Å². The average molecular weight is 439 g/mol. The summed E-state index contributed by atoms with van der Waals surface area (Å²) in [6, 6.07) is 25.2. The quantitative estimate of drug-likeness (QED) is 0.345. The van der Waals surface area contributed by atoms with Crippen molar-refractivity contribution >= 4 is 35.5 Å². The van der Waals surface area contributed by atoms with Crippen molar-refractivity contribution in [3.63, 3.8) is 0 Å². The molecule has 0 spiro atoms. The summed E-state index contributed by atoms with van der Waals surface area (Å²) >= 11 is 7.47. The van der Waals surface area contributed by atoms with Gasteiger partial charge in [0, 0.05) is 10.8 Å². The van der Waals surface area contributed by atoms with Crippen LogP contribution in [0.3, 0.4) is 0 Å². The molecule has 0 aliphatic carbocycles. The maximum atomic E-state index is 12.2. The predicted octanol–water partition coefficient (Wildman–Crippen LogP) is 5.69. The Hall–Kier alpha value is -2.76. The van der Waals surface area contributed by atoms with Gasteiger partial charge in [-0.05, 0) is 60.0 Å². The van der Waals surface area contributed by atoms with Crippen LogP contribution in [-0.2, 0) is 17.2 Å². The lowest BCUT2D eigenvalue weighted by atomic mass is 10.2. The van der Waals surface area contributed by atoms with Crippen LogP contribution in [0.15, 0.2) is 84.0 Å². The van der Waals surface area contributed by atoms with E-state index in [0.29, 0.717) is 11.6 Å². The minimum Gasteiger partial charge on any atom is -0.489 e. The van der Waals surface area contributed by atoms with E-state index in [0.717, 1.165) is 22.6 Å². The first-order chi connectivity index (χ1) is 14.6. The molecule has 4 nitrogen and oxygen atoms in total. The molecule has 0 heterocycles. The van der Waals surface area contributed by atoms with E-state index in [2.05, 4.69) is 22.7 Å². The van der Waals surface area contributed by atoms with Gasteiger partial charge in [-0.2, -0.15) is 5.10 Å². The third kappa shape index (κ3) is 7.25. The minimum atomic E-state index is -0.189. The Labute approximate surface area is 186 Å². The van der Waals surface area contributed by atoms with Gasteiger partial charge < -0.3 is 4.74 Å². The molecule has 0 fully saturated rings. The zero-order chi connectivity index (χ0) is 21.2. The summed E-state index contributed by atoms with van der Waals surface area (Å²) in [6.45, 7) is 2.35. The number of carbonyl (C=O) groups is 1. The monoisotopic (exact) mass is 438 g/mol. The van der Waals surface area contributed by atoms with Crippen LogP contribution in [0, 0.1) is 0 Å². The third-order valence-electron chi connectivity index (χ3n) is 4.30. The van der Waals surface area contributed by atoms with Crippen LogP contribution >= 0.6 is 23.4 Å². The van der Waals surface area contributed by atoms with Crippen LogP contribution in [0.25, 0.3) is 0 Å². The number of carbonyl (C=O) groups excluding carboxylic acids is 1. The van der Waals surface area contributed by atoms with Gasteiger partial charge in [0.1, 0.15) is 12.4 Å². The number of nitrogens with zero attached hydrogens (tertiary/aromatic N) is 1. The highest BCUT2D eigenvalue weighted by Gasteiger charge is 2.12. The Morgan fingerprint density at radius 1 is 1.03 bits per heavy atom. The molecule has 0 radical (unpaired) electrons. The Morgan fingerprint density at radius 2 is 1.73 bits per heavy atom. The molecule has 0 bridgehead atoms. The summed E-state index contributed by atoms with van der Waals surface area (Å²) in [4.78, 5) is 12.2. The molecule has 1 atom stereocenters. The first-order valence-corrected chi connectivity index (χ1v) is 11.0. The van der Waals surface area contributed by atoms with E-state index in [-0.39, 0.29) is 11.2 Å². The van der Waals surface area contributed by atoms with Gasteiger partial charge in [-0.1, -0.05) is 54.1 Å². The van der Waals surface area contributed by atoms with E-state index >= 15 is 0 Å². The van der Waals surface area contributed by atoms with Gasteiger partial charge in [0.2, 0.25) is 0 Å². The van der Waals surface area contributed by atoms with Crippen molar-refractivity contribution in [1.29, 1.82) is 0 Å². The van der Waals surface area contributed by atoms with E-state index in [9.17, 15) is 4.79 Å². The van der Waals surface area contributed by atoms with Gasteiger partial charge in [0.25, 0.3) is 5.91 Å². The number of hydrazone groups is 1. The molecule has 0 aliphatic rings. The molecule has 1 unspecified atom stereocenters. The SMILES string of the molecule is CC(SCc1ccccc1)C(=O)N/N=C/c1ccc(OCc2ccc(Cl)cc2)cc1. The second kappa shape index (κ2) is 11.4. The standard InChI is InChI=1S/C24H23ClN2O2S/c1-18(30-17-21-5-3-2-4-6-21)24(28)27-26-15-19-9-13-23(14-10-19)29-16-20-7-11-22(25)12-8-20/h2-15,18H,16-17H2,1H3,(H,27,28)/b26-15+. The molecule has 3 aromatic rings. The van der Waals surface area contributed by atoms with Gasteiger partial charge in [0.05, 0.1) is 11.5 Å². The Balaban J connectivity index is 1.41. The highest BCUT2D eigenvalue weighted by atomic mass is 35.5. The van der Waals surface area contributed by atoms with Gasteiger partial charge in [-0.25, -0.2) is 5.43 Å². The molecule has 0 aromatic heterocycles. The summed E-state index contributed by atoms with van der Waals surface area (Å²) in [5.41, 5.74) is 5.72. The zero-order valence-corrected chi connectivity index (χ0v) is 18.2.